The molecule has 1 atom stereocenters. The van der Waals surface area contributed by atoms with Gasteiger partial charge >= 0.3 is 0 Å². The second-order valence-electron chi connectivity index (χ2n) is 5.69. The fourth-order valence-corrected chi connectivity index (χ4v) is 3.07. The normalized spacial score (nSPS) is 12.3. The number of thioether (sulfide) groups is 1. The van der Waals surface area contributed by atoms with Gasteiger partial charge in [0, 0.05) is 5.56 Å². The second-order valence-corrected chi connectivity index (χ2v) is 6.98. The lowest BCUT2D eigenvalue weighted by Crippen LogP contribution is -2.13. The van der Waals surface area contributed by atoms with Crippen molar-refractivity contribution < 1.29 is 13.6 Å². The molecule has 0 fully saturated rings. The Bertz CT molecular complexity index is 882. The van der Waals surface area contributed by atoms with Gasteiger partial charge in [0.2, 0.25) is 0 Å². The standard InChI is InChI=1S/C18H18N2O3S/c1-10-5-6-14(9-11(10)2)16(21)13(4)24-18-20-19-17(23-18)15-7-8-22-12(15)3/h5-9,13H,1-4H3. The molecule has 0 saturated heterocycles. The molecule has 0 N–H and O–H groups in total. The number of ketones is 1. The summed E-state index contributed by atoms with van der Waals surface area (Å²) in [7, 11) is 0. The number of Topliss-reactive ketones (excluding diaryl/α,β-unsaturated/α-hetero) is 1. The maximum Gasteiger partial charge on any atom is 0.277 e. The van der Waals surface area contributed by atoms with Gasteiger partial charge in [-0.15, -0.1) is 10.2 Å². The van der Waals surface area contributed by atoms with Crippen molar-refractivity contribution in [1.82, 2.24) is 10.2 Å². The van der Waals surface area contributed by atoms with E-state index in [4.69, 9.17) is 8.83 Å². The van der Waals surface area contributed by atoms with Crippen LogP contribution in [0, 0.1) is 20.8 Å². The number of aryl methyl sites for hydroxylation is 3. The van der Waals surface area contributed by atoms with Crippen LogP contribution >= 0.6 is 11.8 Å². The highest BCUT2D eigenvalue weighted by Gasteiger charge is 2.21. The summed E-state index contributed by atoms with van der Waals surface area (Å²) in [6, 6.07) is 7.52. The molecule has 24 heavy (non-hydrogen) atoms. The molecule has 0 spiro atoms. The van der Waals surface area contributed by atoms with Gasteiger partial charge in [-0.05, 0) is 51.0 Å². The van der Waals surface area contributed by atoms with Gasteiger partial charge in [0.1, 0.15) is 5.76 Å². The molecule has 0 radical (unpaired) electrons. The first kappa shape index (κ1) is 16.5. The molecule has 6 heteroatoms. The molecule has 2 aromatic heterocycles. The average molecular weight is 342 g/mol. The Hall–Kier alpha value is -2.34. The van der Waals surface area contributed by atoms with Gasteiger partial charge in [-0.1, -0.05) is 23.9 Å². The fraction of sp³-hybridized carbons (Fsp3) is 0.278. The van der Waals surface area contributed by atoms with Crippen LogP contribution in [0.4, 0.5) is 0 Å². The summed E-state index contributed by atoms with van der Waals surface area (Å²) in [6.07, 6.45) is 1.58. The molecule has 3 aromatic rings. The van der Waals surface area contributed by atoms with Crippen LogP contribution in [-0.2, 0) is 0 Å². The molecule has 0 amide bonds. The number of benzene rings is 1. The molecule has 0 saturated carbocycles. The first-order chi connectivity index (χ1) is 11.5. The number of carbonyl (C=O) groups excluding carboxylic acids is 1. The number of rotatable bonds is 5. The molecular formula is C18H18N2O3S. The third-order valence-electron chi connectivity index (χ3n) is 3.93. The van der Waals surface area contributed by atoms with Crippen LogP contribution in [0.15, 0.2) is 44.6 Å². The van der Waals surface area contributed by atoms with Crippen LogP contribution in [-0.4, -0.2) is 21.2 Å². The van der Waals surface area contributed by atoms with Gasteiger partial charge < -0.3 is 8.83 Å². The Morgan fingerprint density at radius 2 is 1.92 bits per heavy atom. The summed E-state index contributed by atoms with van der Waals surface area (Å²) in [6.45, 7) is 7.70. The summed E-state index contributed by atoms with van der Waals surface area (Å²) in [4.78, 5) is 12.6. The monoisotopic (exact) mass is 342 g/mol. The zero-order chi connectivity index (χ0) is 17.3. The third kappa shape index (κ3) is 3.28. The molecule has 5 nitrogen and oxygen atoms in total. The average Bonchev–Trinajstić information content (AvgIpc) is 3.18. The van der Waals surface area contributed by atoms with Crippen LogP contribution < -0.4 is 0 Å². The minimum absolute atomic E-state index is 0.0438. The minimum Gasteiger partial charge on any atom is -0.469 e. The molecule has 0 aliphatic rings. The predicted octanol–water partition coefficient (Wildman–Crippen LogP) is 4.62. The van der Waals surface area contributed by atoms with E-state index in [0.29, 0.717) is 16.7 Å². The minimum atomic E-state index is -0.314. The number of hydrogen-bond donors (Lipinski definition) is 0. The Morgan fingerprint density at radius 1 is 1.12 bits per heavy atom. The number of aromatic nitrogens is 2. The van der Waals surface area contributed by atoms with Crippen molar-refractivity contribution in [2.75, 3.05) is 0 Å². The van der Waals surface area contributed by atoms with Crippen LogP contribution in [0.2, 0.25) is 0 Å². The highest BCUT2D eigenvalue weighted by Crippen LogP contribution is 2.29. The zero-order valence-electron chi connectivity index (χ0n) is 14.0. The molecule has 1 unspecified atom stereocenters. The maximum atomic E-state index is 12.6. The maximum absolute atomic E-state index is 12.6. The summed E-state index contributed by atoms with van der Waals surface area (Å²) in [5.41, 5.74) is 3.74. The predicted molar refractivity (Wildman–Crippen MR) is 92.3 cm³/mol. The van der Waals surface area contributed by atoms with Crippen molar-refractivity contribution >= 4 is 17.5 Å². The highest BCUT2D eigenvalue weighted by molar-refractivity contribution is 8.00. The fourth-order valence-electron chi connectivity index (χ4n) is 2.31. The van der Waals surface area contributed by atoms with Gasteiger partial charge in [-0.25, -0.2) is 0 Å². The van der Waals surface area contributed by atoms with Gasteiger partial charge in [0.05, 0.1) is 17.1 Å². The van der Waals surface area contributed by atoms with Crippen molar-refractivity contribution in [2.45, 2.75) is 38.2 Å². The van der Waals surface area contributed by atoms with Crippen LogP contribution in [0.1, 0.15) is 34.2 Å². The number of carbonyl (C=O) groups is 1. The first-order valence-electron chi connectivity index (χ1n) is 7.62. The number of nitrogens with zero attached hydrogens (tertiary/aromatic N) is 2. The number of hydrogen-bond acceptors (Lipinski definition) is 6. The van der Waals surface area contributed by atoms with Crippen LogP contribution in [0.25, 0.3) is 11.5 Å². The van der Waals surface area contributed by atoms with E-state index >= 15 is 0 Å². The highest BCUT2D eigenvalue weighted by atomic mass is 32.2. The van der Waals surface area contributed by atoms with Crippen LogP contribution in [0.3, 0.4) is 0 Å². The molecule has 124 valence electrons. The summed E-state index contributed by atoms with van der Waals surface area (Å²) in [5.74, 6) is 1.16. The van der Waals surface area contributed by atoms with E-state index in [1.807, 2.05) is 45.9 Å². The van der Waals surface area contributed by atoms with Gasteiger partial charge in [-0.3, -0.25) is 4.79 Å². The third-order valence-corrected chi connectivity index (χ3v) is 4.87. The Labute approximate surface area is 144 Å². The van der Waals surface area contributed by atoms with E-state index in [2.05, 4.69) is 10.2 Å². The summed E-state index contributed by atoms with van der Waals surface area (Å²) in [5, 5.41) is 8.09. The van der Waals surface area contributed by atoms with Crippen molar-refractivity contribution in [3.8, 4) is 11.5 Å². The topological polar surface area (TPSA) is 69.1 Å². The largest absolute Gasteiger partial charge is 0.469 e. The summed E-state index contributed by atoms with van der Waals surface area (Å²) >= 11 is 1.26. The van der Waals surface area contributed by atoms with Gasteiger partial charge in [-0.2, -0.15) is 0 Å². The Morgan fingerprint density at radius 3 is 2.58 bits per heavy atom. The summed E-state index contributed by atoms with van der Waals surface area (Å²) < 4.78 is 10.9. The molecular weight excluding hydrogens is 324 g/mol. The smallest absolute Gasteiger partial charge is 0.277 e. The van der Waals surface area contributed by atoms with Gasteiger partial charge in [0.15, 0.2) is 5.78 Å². The van der Waals surface area contributed by atoms with Gasteiger partial charge in [0.25, 0.3) is 11.1 Å². The lowest BCUT2D eigenvalue weighted by atomic mass is 10.0. The van der Waals surface area contributed by atoms with Crippen molar-refractivity contribution in [2.24, 2.45) is 0 Å². The Balaban J connectivity index is 1.74. The van der Waals surface area contributed by atoms with E-state index in [0.717, 1.165) is 16.9 Å². The quantitative estimate of drug-likeness (QED) is 0.498. The van der Waals surface area contributed by atoms with E-state index in [-0.39, 0.29) is 11.0 Å². The lowest BCUT2D eigenvalue weighted by molar-refractivity contribution is 0.0993. The van der Waals surface area contributed by atoms with Crippen molar-refractivity contribution in [3.63, 3.8) is 0 Å². The number of furan rings is 1. The van der Waals surface area contributed by atoms with Crippen molar-refractivity contribution in [3.05, 3.63) is 53.0 Å². The molecule has 3 rings (SSSR count). The SMILES string of the molecule is Cc1ccc(C(=O)C(C)Sc2nnc(-c3ccoc3C)o2)cc1C. The van der Waals surface area contributed by atoms with E-state index in [1.54, 1.807) is 12.3 Å². The first-order valence-corrected chi connectivity index (χ1v) is 8.49. The molecule has 1 aromatic carbocycles. The van der Waals surface area contributed by atoms with E-state index in [9.17, 15) is 4.79 Å². The molecule has 2 heterocycles. The van der Waals surface area contributed by atoms with Crippen LogP contribution in [0.5, 0.6) is 0 Å². The van der Waals surface area contributed by atoms with E-state index in [1.165, 1.54) is 17.3 Å². The van der Waals surface area contributed by atoms with E-state index < -0.39 is 0 Å². The molecule has 0 aliphatic carbocycles. The molecule has 0 bridgehead atoms. The van der Waals surface area contributed by atoms with Crippen molar-refractivity contribution in [1.29, 1.82) is 0 Å². The lowest BCUT2D eigenvalue weighted by Gasteiger charge is -2.09. The molecule has 0 aliphatic heterocycles. The Kier molecular flexibility index (Phi) is 4.57. The second kappa shape index (κ2) is 6.65. The zero-order valence-corrected chi connectivity index (χ0v) is 14.8.